The molecule has 2 aromatic rings. The van der Waals surface area contributed by atoms with Crippen LogP contribution in [0.1, 0.15) is 23.4 Å². The molecule has 0 radical (unpaired) electrons. The van der Waals surface area contributed by atoms with Gasteiger partial charge in [-0.3, -0.25) is 0 Å². The standard InChI is InChI=1S/C14H17NO3S2/c1-10-8-9-14(19-10)20(16,17)15-11(2)12-6-4-5-7-13(12)18-3/h4-9,11,15H,1-3H3. The number of methoxy groups -OCH3 is 1. The second-order valence-electron chi connectivity index (χ2n) is 4.45. The minimum Gasteiger partial charge on any atom is -0.496 e. The summed E-state index contributed by atoms with van der Waals surface area (Å²) in [5, 5.41) is 0. The van der Waals surface area contributed by atoms with E-state index in [-0.39, 0.29) is 6.04 Å². The molecule has 0 aliphatic heterocycles. The fraction of sp³-hybridized carbons (Fsp3) is 0.286. The highest BCUT2D eigenvalue weighted by atomic mass is 32.2. The van der Waals surface area contributed by atoms with Gasteiger partial charge in [0.25, 0.3) is 10.0 Å². The van der Waals surface area contributed by atoms with Crippen molar-refractivity contribution in [1.29, 1.82) is 0 Å². The predicted octanol–water partition coefficient (Wildman–Crippen LogP) is 3.10. The van der Waals surface area contributed by atoms with Crippen LogP contribution in [0, 0.1) is 6.92 Å². The molecule has 6 heteroatoms. The van der Waals surface area contributed by atoms with Crippen molar-refractivity contribution in [3.63, 3.8) is 0 Å². The van der Waals surface area contributed by atoms with Crippen molar-refractivity contribution >= 4 is 21.4 Å². The topological polar surface area (TPSA) is 55.4 Å². The number of nitrogens with one attached hydrogen (secondary N) is 1. The monoisotopic (exact) mass is 311 g/mol. The number of sulfonamides is 1. The molecule has 0 spiro atoms. The zero-order chi connectivity index (χ0) is 14.8. The van der Waals surface area contributed by atoms with Crippen molar-refractivity contribution in [1.82, 2.24) is 4.72 Å². The Labute approximate surface area is 123 Å². The molecule has 0 aliphatic carbocycles. The van der Waals surface area contributed by atoms with E-state index in [4.69, 9.17) is 4.74 Å². The third-order valence-corrected chi connectivity index (χ3v) is 5.95. The Morgan fingerprint density at radius 2 is 1.90 bits per heavy atom. The van der Waals surface area contributed by atoms with Crippen LogP contribution >= 0.6 is 11.3 Å². The molecule has 0 saturated carbocycles. The van der Waals surface area contributed by atoms with E-state index in [1.54, 1.807) is 26.2 Å². The third-order valence-electron chi connectivity index (χ3n) is 2.92. The number of aryl methyl sites for hydroxylation is 1. The number of ether oxygens (including phenoxy) is 1. The summed E-state index contributed by atoms with van der Waals surface area (Å²) in [5.74, 6) is 0.671. The molecule has 0 amide bonds. The number of hydrogen-bond donors (Lipinski definition) is 1. The van der Waals surface area contributed by atoms with Gasteiger partial charge in [-0.05, 0) is 32.0 Å². The maximum absolute atomic E-state index is 12.3. The average Bonchev–Trinajstić information content (AvgIpc) is 2.85. The summed E-state index contributed by atoms with van der Waals surface area (Å²) in [4.78, 5) is 0.968. The highest BCUT2D eigenvalue weighted by Crippen LogP contribution is 2.27. The summed E-state index contributed by atoms with van der Waals surface area (Å²) >= 11 is 1.26. The molecule has 2 rings (SSSR count). The van der Waals surface area contributed by atoms with Gasteiger partial charge < -0.3 is 4.74 Å². The van der Waals surface area contributed by atoms with Crippen molar-refractivity contribution in [3.05, 3.63) is 46.8 Å². The molecule has 1 aromatic carbocycles. The van der Waals surface area contributed by atoms with Gasteiger partial charge in [0.2, 0.25) is 0 Å². The maximum Gasteiger partial charge on any atom is 0.250 e. The summed E-state index contributed by atoms with van der Waals surface area (Å²) < 4.78 is 32.8. The fourth-order valence-corrected chi connectivity index (χ4v) is 4.46. The van der Waals surface area contributed by atoms with Crippen LogP contribution in [0.4, 0.5) is 0 Å². The van der Waals surface area contributed by atoms with E-state index in [9.17, 15) is 8.42 Å². The van der Waals surface area contributed by atoms with E-state index in [0.717, 1.165) is 10.4 Å². The number of hydrogen-bond acceptors (Lipinski definition) is 4. The highest BCUT2D eigenvalue weighted by Gasteiger charge is 2.21. The molecule has 4 nitrogen and oxygen atoms in total. The van der Waals surface area contributed by atoms with Gasteiger partial charge in [-0.15, -0.1) is 11.3 Å². The van der Waals surface area contributed by atoms with Crippen LogP contribution in [-0.4, -0.2) is 15.5 Å². The zero-order valence-corrected chi connectivity index (χ0v) is 13.2. The Balaban J connectivity index is 2.25. The first-order valence-electron chi connectivity index (χ1n) is 6.15. The molecule has 1 aromatic heterocycles. The maximum atomic E-state index is 12.3. The Hall–Kier alpha value is -1.37. The van der Waals surface area contributed by atoms with E-state index in [1.165, 1.54) is 11.3 Å². The normalized spacial score (nSPS) is 13.2. The summed E-state index contributed by atoms with van der Waals surface area (Å²) in [7, 11) is -1.93. The van der Waals surface area contributed by atoms with Gasteiger partial charge in [0.05, 0.1) is 7.11 Å². The van der Waals surface area contributed by atoms with Crippen molar-refractivity contribution in [2.45, 2.75) is 24.1 Å². The van der Waals surface area contributed by atoms with Crippen molar-refractivity contribution in [3.8, 4) is 5.75 Å². The number of rotatable bonds is 5. The molecule has 1 unspecified atom stereocenters. The van der Waals surface area contributed by atoms with Crippen molar-refractivity contribution in [2.24, 2.45) is 0 Å². The Bertz CT molecular complexity index is 692. The van der Waals surface area contributed by atoms with Crippen LogP contribution in [0.2, 0.25) is 0 Å². The molecule has 108 valence electrons. The van der Waals surface area contributed by atoms with Gasteiger partial charge in [0.15, 0.2) is 0 Å². The van der Waals surface area contributed by atoms with Gasteiger partial charge in [0.1, 0.15) is 9.96 Å². The quantitative estimate of drug-likeness (QED) is 0.923. The molecule has 0 aliphatic rings. The van der Waals surface area contributed by atoms with Crippen molar-refractivity contribution < 1.29 is 13.2 Å². The Morgan fingerprint density at radius 3 is 2.50 bits per heavy atom. The summed E-state index contributed by atoms with van der Waals surface area (Å²) in [6.07, 6.45) is 0. The number of benzene rings is 1. The lowest BCUT2D eigenvalue weighted by Crippen LogP contribution is -2.26. The fourth-order valence-electron chi connectivity index (χ4n) is 1.93. The molecule has 0 saturated heterocycles. The van der Waals surface area contributed by atoms with Gasteiger partial charge >= 0.3 is 0 Å². The molecule has 1 N–H and O–H groups in total. The lowest BCUT2D eigenvalue weighted by molar-refractivity contribution is 0.405. The summed E-state index contributed by atoms with van der Waals surface area (Å²) in [5.41, 5.74) is 0.812. The third kappa shape index (κ3) is 3.20. The van der Waals surface area contributed by atoms with E-state index in [1.807, 2.05) is 31.2 Å². The molecule has 0 fully saturated rings. The Morgan fingerprint density at radius 1 is 1.20 bits per heavy atom. The van der Waals surface area contributed by atoms with E-state index >= 15 is 0 Å². The second-order valence-corrected chi connectivity index (χ2v) is 7.68. The van der Waals surface area contributed by atoms with Crippen LogP contribution in [0.3, 0.4) is 0 Å². The molecule has 1 atom stereocenters. The van der Waals surface area contributed by atoms with Crippen LogP contribution in [0.15, 0.2) is 40.6 Å². The van der Waals surface area contributed by atoms with Gasteiger partial charge in [-0.25, -0.2) is 13.1 Å². The lowest BCUT2D eigenvalue weighted by atomic mass is 10.1. The van der Waals surface area contributed by atoms with Crippen molar-refractivity contribution in [2.75, 3.05) is 7.11 Å². The van der Waals surface area contributed by atoms with Gasteiger partial charge in [-0.1, -0.05) is 18.2 Å². The largest absolute Gasteiger partial charge is 0.496 e. The first-order chi connectivity index (χ1) is 9.44. The van der Waals surface area contributed by atoms with Crippen LogP contribution in [0.5, 0.6) is 5.75 Å². The number of thiophene rings is 1. The predicted molar refractivity (Wildman–Crippen MR) is 80.8 cm³/mol. The minimum atomic E-state index is -3.50. The smallest absolute Gasteiger partial charge is 0.250 e. The molecular formula is C14H17NO3S2. The molecule has 0 bridgehead atoms. The summed E-state index contributed by atoms with van der Waals surface area (Å²) in [6.45, 7) is 3.68. The van der Waals surface area contributed by atoms with Crippen LogP contribution in [0.25, 0.3) is 0 Å². The zero-order valence-electron chi connectivity index (χ0n) is 11.6. The van der Waals surface area contributed by atoms with Gasteiger partial charge in [-0.2, -0.15) is 0 Å². The minimum absolute atomic E-state index is 0.330. The van der Waals surface area contributed by atoms with E-state index in [2.05, 4.69) is 4.72 Å². The lowest BCUT2D eigenvalue weighted by Gasteiger charge is -2.16. The second kappa shape index (κ2) is 5.95. The van der Waals surface area contributed by atoms with E-state index in [0.29, 0.717) is 9.96 Å². The van der Waals surface area contributed by atoms with Crippen LogP contribution < -0.4 is 9.46 Å². The van der Waals surface area contributed by atoms with Crippen LogP contribution in [-0.2, 0) is 10.0 Å². The summed E-state index contributed by atoms with van der Waals surface area (Å²) in [6, 6.07) is 10.4. The molecule has 20 heavy (non-hydrogen) atoms. The average molecular weight is 311 g/mol. The first-order valence-corrected chi connectivity index (χ1v) is 8.45. The molecular weight excluding hydrogens is 294 g/mol. The van der Waals surface area contributed by atoms with E-state index < -0.39 is 10.0 Å². The SMILES string of the molecule is COc1ccccc1C(C)NS(=O)(=O)c1ccc(C)s1. The Kier molecular flexibility index (Phi) is 4.47. The van der Waals surface area contributed by atoms with Gasteiger partial charge in [0, 0.05) is 16.5 Å². The molecule has 1 heterocycles. The number of para-hydroxylation sites is 1. The first kappa shape index (κ1) is 15.0. The highest BCUT2D eigenvalue weighted by molar-refractivity contribution is 7.91.